The first-order chi connectivity index (χ1) is 10.2. The molecule has 0 spiro atoms. The molecule has 1 atom stereocenters. The number of aryl methyl sites for hydroxylation is 1. The van der Waals surface area contributed by atoms with Gasteiger partial charge in [0.25, 0.3) is 0 Å². The first-order valence-corrected chi connectivity index (χ1v) is 7.71. The molecule has 21 heavy (non-hydrogen) atoms. The van der Waals surface area contributed by atoms with Gasteiger partial charge in [0.05, 0.1) is 6.10 Å². The van der Waals surface area contributed by atoms with E-state index in [1.165, 1.54) is 16.7 Å². The fraction of sp³-hybridized carbons (Fsp3) is 0.368. The molecule has 0 aliphatic heterocycles. The lowest BCUT2D eigenvalue weighted by atomic mass is 9.96. The van der Waals surface area contributed by atoms with Crippen molar-refractivity contribution in [3.8, 4) is 11.1 Å². The van der Waals surface area contributed by atoms with E-state index in [2.05, 4.69) is 67.7 Å². The van der Waals surface area contributed by atoms with E-state index in [1.807, 2.05) is 6.07 Å². The van der Waals surface area contributed by atoms with Crippen LogP contribution in [0.3, 0.4) is 0 Å². The average Bonchev–Trinajstić information content (AvgIpc) is 2.52. The van der Waals surface area contributed by atoms with Crippen LogP contribution in [0.2, 0.25) is 0 Å². The van der Waals surface area contributed by atoms with E-state index in [0.717, 1.165) is 12.8 Å². The normalized spacial score (nSPS) is 12.6. The van der Waals surface area contributed by atoms with Gasteiger partial charge in [0.15, 0.2) is 0 Å². The Balaban J connectivity index is 2.01. The smallest absolute Gasteiger partial charge is 0.0667 e. The van der Waals surface area contributed by atoms with E-state index >= 15 is 0 Å². The van der Waals surface area contributed by atoms with Gasteiger partial charge in [0, 0.05) is 12.6 Å². The number of rotatable bonds is 7. The minimum Gasteiger partial charge on any atom is -0.392 e. The summed E-state index contributed by atoms with van der Waals surface area (Å²) in [6.45, 7) is 4.85. The van der Waals surface area contributed by atoms with Gasteiger partial charge in [-0.15, -0.1) is 0 Å². The van der Waals surface area contributed by atoms with E-state index in [9.17, 15) is 5.11 Å². The highest BCUT2D eigenvalue weighted by molar-refractivity contribution is 5.67. The molecule has 0 aliphatic carbocycles. The highest BCUT2D eigenvalue weighted by Crippen LogP contribution is 2.24. The van der Waals surface area contributed by atoms with Crippen LogP contribution in [0.5, 0.6) is 0 Å². The molecule has 2 aromatic carbocycles. The quantitative estimate of drug-likeness (QED) is 0.813. The van der Waals surface area contributed by atoms with Crippen molar-refractivity contribution in [2.75, 3.05) is 6.54 Å². The lowest BCUT2D eigenvalue weighted by molar-refractivity contribution is 0.159. The van der Waals surface area contributed by atoms with Gasteiger partial charge in [-0.1, -0.05) is 68.4 Å². The standard InChI is InChI=1S/C19H25NO/c1-15(2)20-14-18(21)13-12-17-10-6-7-11-19(17)16-8-4-3-5-9-16/h3-11,15,18,20-21H,12-14H2,1-2H3. The summed E-state index contributed by atoms with van der Waals surface area (Å²) < 4.78 is 0. The monoisotopic (exact) mass is 283 g/mol. The lowest BCUT2D eigenvalue weighted by Crippen LogP contribution is -2.32. The van der Waals surface area contributed by atoms with E-state index in [4.69, 9.17) is 0 Å². The van der Waals surface area contributed by atoms with Crippen LogP contribution in [0, 0.1) is 0 Å². The van der Waals surface area contributed by atoms with Gasteiger partial charge in [-0.05, 0) is 29.5 Å². The third-order valence-electron chi connectivity index (χ3n) is 3.61. The zero-order valence-corrected chi connectivity index (χ0v) is 12.9. The highest BCUT2D eigenvalue weighted by atomic mass is 16.3. The Hall–Kier alpha value is -1.64. The number of hydrogen-bond acceptors (Lipinski definition) is 2. The summed E-state index contributed by atoms with van der Waals surface area (Å²) in [6.07, 6.45) is 1.38. The average molecular weight is 283 g/mol. The first-order valence-electron chi connectivity index (χ1n) is 7.71. The van der Waals surface area contributed by atoms with Crippen molar-refractivity contribution in [3.63, 3.8) is 0 Å². The van der Waals surface area contributed by atoms with Crippen molar-refractivity contribution >= 4 is 0 Å². The van der Waals surface area contributed by atoms with Crippen molar-refractivity contribution in [2.45, 2.75) is 38.8 Å². The summed E-state index contributed by atoms with van der Waals surface area (Å²) >= 11 is 0. The second-order valence-electron chi connectivity index (χ2n) is 5.78. The molecule has 0 saturated carbocycles. The van der Waals surface area contributed by atoms with Crippen molar-refractivity contribution in [2.24, 2.45) is 0 Å². The van der Waals surface area contributed by atoms with Gasteiger partial charge in [-0.25, -0.2) is 0 Å². The van der Waals surface area contributed by atoms with Gasteiger partial charge in [-0.2, -0.15) is 0 Å². The summed E-state index contributed by atoms with van der Waals surface area (Å²) in [5, 5.41) is 13.3. The molecule has 2 heteroatoms. The predicted molar refractivity (Wildman–Crippen MR) is 89.3 cm³/mol. The summed E-state index contributed by atoms with van der Waals surface area (Å²) in [6, 6.07) is 19.3. The molecule has 2 N–H and O–H groups in total. The van der Waals surface area contributed by atoms with E-state index in [1.54, 1.807) is 0 Å². The molecule has 0 bridgehead atoms. The Bertz CT molecular complexity index is 536. The van der Waals surface area contributed by atoms with Crippen LogP contribution in [0.1, 0.15) is 25.8 Å². The molecular formula is C19H25NO. The maximum absolute atomic E-state index is 10.1. The van der Waals surface area contributed by atoms with Crippen LogP contribution in [0.4, 0.5) is 0 Å². The van der Waals surface area contributed by atoms with Crippen LogP contribution in [-0.2, 0) is 6.42 Å². The predicted octanol–water partition coefficient (Wildman–Crippen LogP) is 3.65. The van der Waals surface area contributed by atoms with E-state index < -0.39 is 0 Å². The molecule has 112 valence electrons. The Kier molecular flexibility index (Phi) is 5.97. The van der Waals surface area contributed by atoms with Crippen molar-refractivity contribution < 1.29 is 5.11 Å². The summed E-state index contributed by atoms with van der Waals surface area (Å²) in [4.78, 5) is 0. The summed E-state index contributed by atoms with van der Waals surface area (Å²) in [5.41, 5.74) is 3.80. The first kappa shape index (κ1) is 15.7. The van der Waals surface area contributed by atoms with Crippen molar-refractivity contribution in [3.05, 3.63) is 60.2 Å². The van der Waals surface area contributed by atoms with Gasteiger partial charge in [0.2, 0.25) is 0 Å². The molecule has 1 unspecified atom stereocenters. The number of benzene rings is 2. The molecule has 0 saturated heterocycles. The van der Waals surface area contributed by atoms with Crippen molar-refractivity contribution in [1.82, 2.24) is 5.32 Å². The van der Waals surface area contributed by atoms with E-state index in [-0.39, 0.29) is 6.10 Å². The SMILES string of the molecule is CC(C)NCC(O)CCc1ccccc1-c1ccccc1. The molecule has 2 aromatic rings. The summed E-state index contributed by atoms with van der Waals surface area (Å²) in [5.74, 6) is 0. The minimum atomic E-state index is -0.295. The van der Waals surface area contributed by atoms with Gasteiger partial charge in [-0.3, -0.25) is 0 Å². The van der Waals surface area contributed by atoms with Crippen LogP contribution in [0.25, 0.3) is 11.1 Å². The third kappa shape index (κ3) is 5.00. The summed E-state index contributed by atoms with van der Waals surface area (Å²) in [7, 11) is 0. The molecule has 0 fully saturated rings. The molecular weight excluding hydrogens is 258 g/mol. The Labute approximate surface area is 127 Å². The Morgan fingerprint density at radius 3 is 2.33 bits per heavy atom. The number of aliphatic hydroxyl groups is 1. The largest absolute Gasteiger partial charge is 0.392 e. The molecule has 0 amide bonds. The molecule has 2 rings (SSSR count). The Morgan fingerprint density at radius 1 is 0.952 bits per heavy atom. The lowest BCUT2D eigenvalue weighted by Gasteiger charge is -2.15. The zero-order valence-electron chi connectivity index (χ0n) is 12.9. The number of hydrogen-bond donors (Lipinski definition) is 2. The van der Waals surface area contributed by atoms with Gasteiger partial charge >= 0.3 is 0 Å². The van der Waals surface area contributed by atoms with E-state index in [0.29, 0.717) is 12.6 Å². The minimum absolute atomic E-state index is 0.295. The molecule has 2 nitrogen and oxygen atoms in total. The topological polar surface area (TPSA) is 32.3 Å². The Morgan fingerprint density at radius 2 is 1.62 bits per heavy atom. The highest BCUT2D eigenvalue weighted by Gasteiger charge is 2.08. The van der Waals surface area contributed by atoms with Crippen LogP contribution in [-0.4, -0.2) is 23.8 Å². The van der Waals surface area contributed by atoms with Crippen LogP contribution < -0.4 is 5.32 Å². The maximum atomic E-state index is 10.1. The second kappa shape index (κ2) is 7.96. The fourth-order valence-corrected chi connectivity index (χ4v) is 2.43. The third-order valence-corrected chi connectivity index (χ3v) is 3.61. The molecule has 0 radical (unpaired) electrons. The van der Waals surface area contributed by atoms with Gasteiger partial charge < -0.3 is 10.4 Å². The maximum Gasteiger partial charge on any atom is 0.0667 e. The van der Waals surface area contributed by atoms with Crippen LogP contribution in [0.15, 0.2) is 54.6 Å². The molecule has 0 aliphatic rings. The number of nitrogens with one attached hydrogen (secondary N) is 1. The van der Waals surface area contributed by atoms with Gasteiger partial charge in [0.1, 0.15) is 0 Å². The van der Waals surface area contributed by atoms with Crippen LogP contribution >= 0.6 is 0 Å². The van der Waals surface area contributed by atoms with Crippen molar-refractivity contribution in [1.29, 1.82) is 0 Å². The fourth-order valence-electron chi connectivity index (χ4n) is 2.43. The molecule has 0 aromatic heterocycles. The molecule has 0 heterocycles. The zero-order chi connectivity index (χ0) is 15.1. The second-order valence-corrected chi connectivity index (χ2v) is 5.78. The number of aliphatic hydroxyl groups excluding tert-OH is 1.